The molecule has 2 amide bonds. The minimum absolute atomic E-state index is 0.00503. The summed E-state index contributed by atoms with van der Waals surface area (Å²) in [7, 11) is 0. The predicted octanol–water partition coefficient (Wildman–Crippen LogP) is 4.92. The quantitative estimate of drug-likeness (QED) is 0.350. The molecule has 1 aliphatic carbocycles. The van der Waals surface area contributed by atoms with Gasteiger partial charge in [0.2, 0.25) is 5.91 Å². The number of rotatable bonds is 9. The van der Waals surface area contributed by atoms with Crippen molar-refractivity contribution in [2.75, 3.05) is 12.3 Å². The second kappa shape index (κ2) is 12.4. The van der Waals surface area contributed by atoms with Crippen LogP contribution in [0.15, 0.2) is 42.5 Å². The van der Waals surface area contributed by atoms with E-state index in [9.17, 15) is 23.5 Å². The summed E-state index contributed by atoms with van der Waals surface area (Å²) in [6.45, 7) is 6.73. The molecule has 3 unspecified atom stereocenters. The monoisotopic (exact) mass is 559 g/mol. The van der Waals surface area contributed by atoms with Crippen LogP contribution >= 0.6 is 11.8 Å². The first-order valence-electron chi connectivity index (χ1n) is 13.7. The van der Waals surface area contributed by atoms with Crippen LogP contribution in [0, 0.1) is 11.6 Å². The van der Waals surface area contributed by atoms with Gasteiger partial charge >= 0.3 is 0 Å². The van der Waals surface area contributed by atoms with Crippen LogP contribution in [0.25, 0.3) is 0 Å². The normalized spacial score (nSPS) is 20.8. The zero-order chi connectivity index (χ0) is 28.2. The number of aliphatic hydroxyl groups excluding tert-OH is 1. The summed E-state index contributed by atoms with van der Waals surface area (Å²) in [4.78, 5) is 24.5. The standard InChI is InChI=1S/C30H39F2N3O3S/c1-29(2,3)20-8-7-9-21(15-20)30(10-5-4-6-11-30)33-17-26(36)24(14-19-12-22(31)16-23(32)13-19)34-27(37)25-18-39-28(38)35-25/h7-9,12-13,15-16,24-26,33,36H,4-6,10-11,14,17-18H2,1-3H3,(H,34,37)(H,35,38). The molecule has 1 aliphatic heterocycles. The lowest BCUT2D eigenvalue weighted by Gasteiger charge is -2.41. The molecule has 0 radical (unpaired) electrons. The first-order valence-corrected chi connectivity index (χ1v) is 14.7. The lowest BCUT2D eigenvalue weighted by molar-refractivity contribution is -0.123. The molecule has 0 spiro atoms. The van der Waals surface area contributed by atoms with E-state index in [4.69, 9.17) is 0 Å². The molecule has 0 bridgehead atoms. The Hall–Kier alpha value is -2.49. The van der Waals surface area contributed by atoms with Crippen molar-refractivity contribution >= 4 is 22.9 Å². The van der Waals surface area contributed by atoms with Crippen LogP contribution in [0.5, 0.6) is 0 Å². The number of hydrogen-bond donors (Lipinski definition) is 4. The van der Waals surface area contributed by atoms with Gasteiger partial charge in [-0.05, 0) is 53.5 Å². The molecular weight excluding hydrogens is 520 g/mol. The average Bonchev–Trinajstić information content (AvgIpc) is 3.33. The van der Waals surface area contributed by atoms with Crippen LogP contribution in [0.2, 0.25) is 0 Å². The second-order valence-corrected chi connectivity index (χ2v) is 12.8. The number of carbonyl (C=O) groups is 2. The number of carbonyl (C=O) groups excluding carboxylic acids is 2. The molecule has 39 heavy (non-hydrogen) atoms. The van der Waals surface area contributed by atoms with Gasteiger partial charge in [-0.2, -0.15) is 0 Å². The Balaban J connectivity index is 1.55. The molecule has 1 saturated carbocycles. The Bertz CT molecular complexity index is 1160. The van der Waals surface area contributed by atoms with Gasteiger partial charge < -0.3 is 21.1 Å². The Labute approximate surface area is 233 Å². The number of halogens is 2. The van der Waals surface area contributed by atoms with Crippen molar-refractivity contribution in [3.63, 3.8) is 0 Å². The molecule has 0 aromatic heterocycles. The van der Waals surface area contributed by atoms with Crippen molar-refractivity contribution in [2.45, 2.75) is 88.4 Å². The highest BCUT2D eigenvalue weighted by molar-refractivity contribution is 8.14. The van der Waals surface area contributed by atoms with Crippen molar-refractivity contribution in [2.24, 2.45) is 0 Å². The van der Waals surface area contributed by atoms with Gasteiger partial charge in [0.05, 0.1) is 12.1 Å². The summed E-state index contributed by atoms with van der Waals surface area (Å²) in [5, 5.41) is 20.2. The molecule has 212 valence electrons. The van der Waals surface area contributed by atoms with Gasteiger partial charge in [-0.3, -0.25) is 9.59 Å². The highest BCUT2D eigenvalue weighted by atomic mass is 32.2. The Morgan fingerprint density at radius 2 is 1.82 bits per heavy atom. The van der Waals surface area contributed by atoms with Crippen molar-refractivity contribution in [1.82, 2.24) is 16.0 Å². The van der Waals surface area contributed by atoms with Crippen molar-refractivity contribution < 1.29 is 23.5 Å². The van der Waals surface area contributed by atoms with Crippen LogP contribution in [0.1, 0.15) is 69.6 Å². The summed E-state index contributed by atoms with van der Waals surface area (Å²) in [6.07, 6.45) is 4.10. The Kier molecular flexibility index (Phi) is 9.34. The van der Waals surface area contributed by atoms with E-state index in [0.29, 0.717) is 5.56 Å². The van der Waals surface area contributed by atoms with E-state index in [-0.39, 0.29) is 34.9 Å². The van der Waals surface area contributed by atoms with Crippen molar-refractivity contribution in [3.8, 4) is 0 Å². The van der Waals surface area contributed by atoms with Crippen molar-refractivity contribution in [3.05, 3.63) is 70.8 Å². The molecule has 9 heteroatoms. The van der Waals surface area contributed by atoms with E-state index >= 15 is 0 Å². The molecule has 2 aliphatic rings. The maximum Gasteiger partial charge on any atom is 0.279 e. The van der Waals surface area contributed by atoms with Gasteiger partial charge in [0, 0.05) is 23.9 Å². The molecule has 1 heterocycles. The lowest BCUT2D eigenvalue weighted by atomic mass is 9.74. The first-order chi connectivity index (χ1) is 18.4. The summed E-state index contributed by atoms with van der Waals surface area (Å²) in [5.74, 6) is -1.59. The van der Waals surface area contributed by atoms with Crippen molar-refractivity contribution in [1.29, 1.82) is 0 Å². The fourth-order valence-corrected chi connectivity index (χ4v) is 6.30. The van der Waals surface area contributed by atoms with E-state index in [1.807, 2.05) is 0 Å². The van der Waals surface area contributed by atoms with E-state index in [2.05, 4.69) is 61.0 Å². The van der Waals surface area contributed by atoms with E-state index in [0.717, 1.165) is 49.9 Å². The third-order valence-corrected chi connectivity index (χ3v) is 8.68. The number of nitrogens with one attached hydrogen (secondary N) is 3. The van der Waals surface area contributed by atoms with E-state index < -0.39 is 35.7 Å². The predicted molar refractivity (Wildman–Crippen MR) is 151 cm³/mol. The highest BCUT2D eigenvalue weighted by Gasteiger charge is 2.36. The molecular formula is C30H39F2N3O3S. The Morgan fingerprint density at radius 3 is 2.44 bits per heavy atom. The van der Waals surface area contributed by atoms with E-state index in [1.54, 1.807) is 0 Å². The minimum Gasteiger partial charge on any atom is -0.390 e. The second-order valence-electron chi connectivity index (χ2n) is 11.8. The molecule has 1 saturated heterocycles. The van der Waals surface area contributed by atoms with Gasteiger partial charge in [0.1, 0.15) is 17.7 Å². The smallest absolute Gasteiger partial charge is 0.279 e. The summed E-state index contributed by atoms with van der Waals surface area (Å²) >= 11 is 1.02. The summed E-state index contributed by atoms with van der Waals surface area (Å²) < 4.78 is 27.8. The van der Waals surface area contributed by atoms with Crippen LogP contribution in [0.4, 0.5) is 13.6 Å². The maximum absolute atomic E-state index is 13.9. The number of thioether (sulfide) groups is 1. The molecule has 3 atom stereocenters. The third kappa shape index (κ3) is 7.58. The van der Waals surface area contributed by atoms with Crippen LogP contribution in [-0.2, 0) is 22.2 Å². The minimum atomic E-state index is -1.05. The van der Waals surface area contributed by atoms with Gasteiger partial charge in [-0.25, -0.2) is 8.78 Å². The Morgan fingerprint density at radius 1 is 1.13 bits per heavy atom. The third-order valence-electron chi connectivity index (χ3n) is 7.80. The molecule has 6 nitrogen and oxygen atoms in total. The summed E-state index contributed by atoms with van der Waals surface area (Å²) in [5.41, 5.74) is 2.42. The zero-order valence-electron chi connectivity index (χ0n) is 22.9. The number of amides is 2. The topological polar surface area (TPSA) is 90.5 Å². The molecule has 2 fully saturated rings. The lowest BCUT2D eigenvalue weighted by Crippen LogP contribution is -2.56. The molecule has 4 N–H and O–H groups in total. The number of hydrogen-bond acceptors (Lipinski definition) is 5. The van der Waals surface area contributed by atoms with E-state index in [1.165, 1.54) is 23.3 Å². The largest absolute Gasteiger partial charge is 0.390 e. The zero-order valence-corrected chi connectivity index (χ0v) is 23.7. The van der Waals surface area contributed by atoms with Crippen LogP contribution in [0.3, 0.4) is 0 Å². The maximum atomic E-state index is 13.9. The van der Waals surface area contributed by atoms with Gasteiger partial charge in [-0.1, -0.05) is 76.1 Å². The van der Waals surface area contributed by atoms with Gasteiger partial charge in [-0.15, -0.1) is 0 Å². The highest BCUT2D eigenvalue weighted by Crippen LogP contribution is 2.38. The number of aliphatic hydroxyl groups is 1. The SMILES string of the molecule is CC(C)(C)c1cccc(C2(NCC(O)C(Cc3cc(F)cc(F)c3)NC(=O)C3CSC(=O)N3)CCCCC2)c1. The van der Waals surface area contributed by atoms with Gasteiger partial charge in [0.25, 0.3) is 5.24 Å². The average molecular weight is 560 g/mol. The van der Waals surface area contributed by atoms with Gasteiger partial charge in [0.15, 0.2) is 0 Å². The fourth-order valence-electron chi connectivity index (χ4n) is 5.52. The number of benzene rings is 2. The first kappa shape index (κ1) is 29.5. The summed E-state index contributed by atoms with van der Waals surface area (Å²) in [6, 6.07) is 10.3. The fraction of sp³-hybridized carbons (Fsp3) is 0.533. The molecule has 2 aromatic carbocycles. The van der Waals surface area contributed by atoms with Crippen LogP contribution < -0.4 is 16.0 Å². The molecule has 2 aromatic rings. The molecule has 4 rings (SSSR count). The van der Waals surface area contributed by atoms with Crippen LogP contribution in [-0.4, -0.2) is 46.7 Å².